The molecule has 80 valence electrons. The molecular weight excluding hydrogens is 212 g/mol. The van der Waals surface area contributed by atoms with Gasteiger partial charge in [0.1, 0.15) is 0 Å². The predicted octanol–water partition coefficient (Wildman–Crippen LogP) is 2.50. The Morgan fingerprint density at radius 3 is 3.27 bits per heavy atom. The van der Waals surface area contributed by atoms with Crippen LogP contribution in [0, 0.1) is 5.92 Å². The van der Waals surface area contributed by atoms with Crippen molar-refractivity contribution < 1.29 is 9.53 Å². The zero-order valence-corrected chi connectivity index (χ0v) is 9.24. The van der Waals surface area contributed by atoms with Crippen LogP contribution in [-0.4, -0.2) is 22.5 Å². The second-order valence-electron chi connectivity index (χ2n) is 3.57. The maximum atomic E-state index is 11.6. The topological polar surface area (TPSA) is 42.4 Å². The van der Waals surface area contributed by atoms with Crippen LogP contribution < -0.4 is 4.74 Å². The molecule has 0 aromatic carbocycles. The van der Waals surface area contributed by atoms with Crippen molar-refractivity contribution in [3.63, 3.8) is 0 Å². The Labute approximate surface area is 92.2 Å². The Balaban J connectivity index is 1.96. The molecule has 0 bridgehead atoms. The molecule has 0 fully saturated rings. The predicted molar refractivity (Wildman–Crippen MR) is 57.8 cm³/mol. The first kappa shape index (κ1) is 10.2. The van der Waals surface area contributed by atoms with Gasteiger partial charge in [-0.25, -0.2) is 9.78 Å². The first-order chi connectivity index (χ1) is 7.25. The summed E-state index contributed by atoms with van der Waals surface area (Å²) >= 11 is 1.31. The minimum atomic E-state index is -0.331. The zero-order valence-electron chi connectivity index (χ0n) is 8.42. The first-order valence-electron chi connectivity index (χ1n) is 4.79. The maximum Gasteiger partial charge on any atom is 0.420 e. The lowest BCUT2D eigenvalue weighted by Gasteiger charge is -2.24. The molecule has 5 heteroatoms. The molecule has 1 unspecified atom stereocenters. The Kier molecular flexibility index (Phi) is 3.01. The largest absolute Gasteiger partial charge is 0.420 e. The SMILES string of the molecule is CC1CC=CN(C(=O)Oc2cncs2)C1. The number of hydrogen-bond donors (Lipinski definition) is 0. The van der Waals surface area contributed by atoms with Crippen LogP contribution in [0.15, 0.2) is 24.0 Å². The highest BCUT2D eigenvalue weighted by Gasteiger charge is 2.19. The average Bonchev–Trinajstić information content (AvgIpc) is 2.70. The van der Waals surface area contributed by atoms with Crippen molar-refractivity contribution in [1.82, 2.24) is 9.88 Å². The number of rotatable bonds is 1. The summed E-state index contributed by atoms with van der Waals surface area (Å²) in [5, 5.41) is 0.534. The molecule has 0 radical (unpaired) electrons. The zero-order chi connectivity index (χ0) is 10.7. The minimum Gasteiger partial charge on any atom is -0.397 e. The van der Waals surface area contributed by atoms with Crippen molar-refractivity contribution in [2.45, 2.75) is 13.3 Å². The molecule has 15 heavy (non-hydrogen) atoms. The van der Waals surface area contributed by atoms with E-state index in [9.17, 15) is 4.79 Å². The summed E-state index contributed by atoms with van der Waals surface area (Å²) in [4.78, 5) is 17.1. The van der Waals surface area contributed by atoms with E-state index >= 15 is 0 Å². The van der Waals surface area contributed by atoms with E-state index in [1.807, 2.05) is 6.08 Å². The van der Waals surface area contributed by atoms with E-state index in [0.29, 0.717) is 17.5 Å². The van der Waals surface area contributed by atoms with Gasteiger partial charge in [-0.15, -0.1) is 0 Å². The van der Waals surface area contributed by atoms with Crippen LogP contribution in [0.4, 0.5) is 4.79 Å². The normalized spacial score (nSPS) is 20.3. The highest BCUT2D eigenvalue weighted by molar-refractivity contribution is 7.11. The van der Waals surface area contributed by atoms with Gasteiger partial charge in [0.15, 0.2) is 0 Å². The van der Waals surface area contributed by atoms with E-state index in [2.05, 4.69) is 11.9 Å². The first-order valence-corrected chi connectivity index (χ1v) is 5.67. The van der Waals surface area contributed by atoms with Crippen LogP contribution in [0.2, 0.25) is 0 Å². The Morgan fingerprint density at radius 2 is 2.60 bits per heavy atom. The van der Waals surface area contributed by atoms with Gasteiger partial charge >= 0.3 is 6.09 Å². The summed E-state index contributed by atoms with van der Waals surface area (Å²) in [5.74, 6) is 0.490. The van der Waals surface area contributed by atoms with E-state index in [0.717, 1.165) is 6.42 Å². The fourth-order valence-electron chi connectivity index (χ4n) is 1.43. The molecule has 0 saturated heterocycles. The smallest absolute Gasteiger partial charge is 0.397 e. The molecule has 2 rings (SSSR count). The molecule has 1 aromatic heterocycles. The minimum absolute atomic E-state index is 0.331. The molecule has 0 spiro atoms. The van der Waals surface area contributed by atoms with Crippen molar-refractivity contribution in [2.24, 2.45) is 5.92 Å². The van der Waals surface area contributed by atoms with Crippen molar-refractivity contribution in [3.8, 4) is 5.06 Å². The molecule has 0 aliphatic carbocycles. The summed E-state index contributed by atoms with van der Waals surface area (Å²) in [7, 11) is 0. The van der Waals surface area contributed by atoms with Crippen molar-refractivity contribution in [1.29, 1.82) is 0 Å². The number of aromatic nitrogens is 1. The number of amides is 1. The van der Waals surface area contributed by atoms with Gasteiger partial charge < -0.3 is 4.74 Å². The van der Waals surface area contributed by atoms with Gasteiger partial charge in [-0.2, -0.15) is 0 Å². The number of allylic oxidation sites excluding steroid dienone is 1. The summed E-state index contributed by atoms with van der Waals surface area (Å²) in [6.07, 6.45) is 6.00. The second kappa shape index (κ2) is 4.44. The highest BCUT2D eigenvalue weighted by Crippen LogP contribution is 2.19. The van der Waals surface area contributed by atoms with Crippen molar-refractivity contribution in [2.75, 3.05) is 6.54 Å². The third kappa shape index (κ3) is 2.56. The second-order valence-corrected chi connectivity index (χ2v) is 4.42. The average molecular weight is 224 g/mol. The van der Waals surface area contributed by atoms with E-state index < -0.39 is 0 Å². The highest BCUT2D eigenvalue weighted by atomic mass is 32.1. The molecule has 1 atom stereocenters. The molecule has 0 N–H and O–H groups in total. The van der Waals surface area contributed by atoms with E-state index in [4.69, 9.17) is 4.74 Å². The molecule has 1 aliphatic heterocycles. The third-order valence-corrected chi connectivity index (χ3v) is 2.81. The van der Waals surface area contributed by atoms with Gasteiger partial charge in [0.05, 0.1) is 11.7 Å². The van der Waals surface area contributed by atoms with Gasteiger partial charge in [0, 0.05) is 12.7 Å². The molecule has 1 aliphatic rings. The molecule has 1 aromatic rings. The Bertz CT molecular complexity index is 362. The number of thiazole rings is 1. The molecule has 1 amide bonds. The summed E-state index contributed by atoms with van der Waals surface area (Å²) in [5.41, 5.74) is 1.64. The fourth-order valence-corrected chi connectivity index (χ4v) is 1.89. The Morgan fingerprint density at radius 1 is 1.73 bits per heavy atom. The van der Waals surface area contributed by atoms with E-state index in [1.54, 1.807) is 22.8 Å². The molecular formula is C10H12N2O2S. The van der Waals surface area contributed by atoms with Gasteiger partial charge in [-0.05, 0) is 12.3 Å². The number of hydrogen-bond acceptors (Lipinski definition) is 4. The molecule has 2 heterocycles. The van der Waals surface area contributed by atoms with Crippen LogP contribution in [0.5, 0.6) is 5.06 Å². The number of carbonyl (C=O) groups is 1. The lowest BCUT2D eigenvalue weighted by molar-refractivity contribution is 0.163. The summed E-state index contributed by atoms with van der Waals surface area (Å²) in [6.45, 7) is 2.82. The standard InChI is InChI=1S/C10H12N2O2S/c1-8-3-2-4-12(6-8)10(13)14-9-5-11-7-15-9/h2,4-5,7-8H,3,6H2,1H3. The van der Waals surface area contributed by atoms with Gasteiger partial charge in [-0.1, -0.05) is 24.3 Å². The Hall–Kier alpha value is -1.36. The van der Waals surface area contributed by atoms with Crippen molar-refractivity contribution in [3.05, 3.63) is 24.0 Å². The van der Waals surface area contributed by atoms with Crippen LogP contribution in [0.1, 0.15) is 13.3 Å². The third-order valence-electron chi connectivity index (χ3n) is 2.16. The van der Waals surface area contributed by atoms with Crippen molar-refractivity contribution >= 4 is 17.4 Å². The lowest BCUT2D eigenvalue weighted by atomic mass is 10.1. The van der Waals surface area contributed by atoms with E-state index in [1.165, 1.54) is 11.3 Å². The van der Waals surface area contributed by atoms with Crippen LogP contribution in [0.3, 0.4) is 0 Å². The number of ether oxygens (including phenoxy) is 1. The summed E-state index contributed by atoms with van der Waals surface area (Å²) in [6, 6.07) is 0. The number of nitrogens with zero attached hydrogens (tertiary/aromatic N) is 2. The van der Waals surface area contributed by atoms with Gasteiger partial charge in [-0.3, -0.25) is 4.90 Å². The maximum absolute atomic E-state index is 11.6. The van der Waals surface area contributed by atoms with Crippen LogP contribution >= 0.6 is 11.3 Å². The molecule has 0 saturated carbocycles. The fraction of sp³-hybridized carbons (Fsp3) is 0.400. The summed E-state index contributed by atoms with van der Waals surface area (Å²) < 4.78 is 5.13. The van der Waals surface area contributed by atoms with Gasteiger partial charge in [0.25, 0.3) is 0 Å². The quantitative estimate of drug-likeness (QED) is 0.736. The monoisotopic (exact) mass is 224 g/mol. The van der Waals surface area contributed by atoms with Crippen LogP contribution in [-0.2, 0) is 0 Å². The van der Waals surface area contributed by atoms with E-state index in [-0.39, 0.29) is 6.09 Å². The molecule has 4 nitrogen and oxygen atoms in total. The number of carbonyl (C=O) groups excluding carboxylic acids is 1. The van der Waals surface area contributed by atoms with Gasteiger partial charge in [0.2, 0.25) is 5.06 Å². The lowest BCUT2D eigenvalue weighted by Crippen LogP contribution is -2.34. The van der Waals surface area contributed by atoms with Crippen LogP contribution in [0.25, 0.3) is 0 Å².